The zero-order valence-corrected chi connectivity index (χ0v) is 8.36. The van der Waals surface area contributed by atoms with Crippen molar-refractivity contribution in [1.29, 1.82) is 0 Å². The first-order valence-corrected chi connectivity index (χ1v) is 5.72. The second-order valence-corrected chi connectivity index (χ2v) is 3.75. The summed E-state index contributed by atoms with van der Waals surface area (Å²) in [6.07, 6.45) is 2.35. The first-order chi connectivity index (χ1) is 5.93. The third-order valence-corrected chi connectivity index (χ3v) is 2.31. The molecule has 1 unspecified atom stereocenters. The van der Waals surface area contributed by atoms with Crippen LogP contribution in [0.4, 0.5) is 0 Å². The smallest absolute Gasteiger partial charge is 0.0933 e. The lowest BCUT2D eigenvalue weighted by atomic mass is 10.3. The zero-order valence-electron chi connectivity index (χ0n) is 7.54. The highest BCUT2D eigenvalue weighted by atomic mass is 32.2. The summed E-state index contributed by atoms with van der Waals surface area (Å²) in [5.41, 5.74) is 0. The van der Waals surface area contributed by atoms with Gasteiger partial charge in [-0.05, 0) is 6.26 Å². The quantitative estimate of drug-likeness (QED) is 0.635. The van der Waals surface area contributed by atoms with Gasteiger partial charge in [0.2, 0.25) is 0 Å². The normalized spacial score (nSPS) is 24.2. The van der Waals surface area contributed by atoms with Crippen molar-refractivity contribution in [1.82, 2.24) is 5.32 Å². The van der Waals surface area contributed by atoms with Gasteiger partial charge in [0.15, 0.2) is 0 Å². The van der Waals surface area contributed by atoms with Crippen LogP contribution in [0.3, 0.4) is 0 Å². The molecular formula is C8H17NO2S. The average molecular weight is 191 g/mol. The monoisotopic (exact) mass is 191 g/mol. The highest BCUT2D eigenvalue weighted by molar-refractivity contribution is 7.98. The molecule has 0 saturated carbocycles. The predicted octanol–water partition coefficient (Wildman–Crippen LogP) is 0.354. The molecule has 1 N–H and O–H groups in total. The van der Waals surface area contributed by atoms with Gasteiger partial charge < -0.3 is 14.8 Å². The fourth-order valence-corrected chi connectivity index (χ4v) is 1.37. The summed E-state index contributed by atoms with van der Waals surface area (Å²) < 4.78 is 10.9. The van der Waals surface area contributed by atoms with Gasteiger partial charge in [0, 0.05) is 18.8 Å². The van der Waals surface area contributed by atoms with Gasteiger partial charge >= 0.3 is 0 Å². The fraction of sp³-hybridized carbons (Fsp3) is 1.00. The minimum atomic E-state index is 0.264. The SMILES string of the molecule is CSCCOCC1CNCCO1. The standard InChI is InChI=1S/C8H17NO2S/c1-12-5-4-10-7-8-6-9-2-3-11-8/h8-9H,2-7H2,1H3. The maximum absolute atomic E-state index is 5.46. The third kappa shape index (κ3) is 4.30. The Morgan fingerprint density at radius 1 is 1.67 bits per heavy atom. The fourth-order valence-electron chi connectivity index (χ4n) is 1.08. The van der Waals surface area contributed by atoms with Gasteiger partial charge in [0.1, 0.15) is 0 Å². The third-order valence-electron chi connectivity index (χ3n) is 1.74. The summed E-state index contributed by atoms with van der Waals surface area (Å²) >= 11 is 1.81. The van der Waals surface area contributed by atoms with E-state index in [2.05, 4.69) is 11.6 Å². The Morgan fingerprint density at radius 3 is 3.25 bits per heavy atom. The van der Waals surface area contributed by atoms with Crippen molar-refractivity contribution in [2.75, 3.05) is 44.9 Å². The summed E-state index contributed by atoms with van der Waals surface area (Å²) in [5, 5.41) is 3.27. The molecule has 0 aliphatic carbocycles. The molecule has 0 aromatic heterocycles. The van der Waals surface area contributed by atoms with Crippen LogP contribution in [-0.2, 0) is 9.47 Å². The van der Waals surface area contributed by atoms with Crippen molar-refractivity contribution < 1.29 is 9.47 Å². The van der Waals surface area contributed by atoms with Crippen LogP contribution in [0.15, 0.2) is 0 Å². The molecular weight excluding hydrogens is 174 g/mol. The molecule has 1 rings (SSSR count). The van der Waals surface area contributed by atoms with Crippen molar-refractivity contribution in [2.45, 2.75) is 6.10 Å². The Morgan fingerprint density at radius 2 is 2.58 bits per heavy atom. The van der Waals surface area contributed by atoms with Crippen molar-refractivity contribution in [2.24, 2.45) is 0 Å². The summed E-state index contributed by atoms with van der Waals surface area (Å²) in [6, 6.07) is 0. The van der Waals surface area contributed by atoms with Crippen molar-refractivity contribution in [3.05, 3.63) is 0 Å². The number of ether oxygens (including phenoxy) is 2. The Balaban J connectivity index is 1.91. The van der Waals surface area contributed by atoms with Crippen LogP contribution >= 0.6 is 11.8 Å². The highest BCUT2D eigenvalue weighted by Gasteiger charge is 2.12. The zero-order chi connectivity index (χ0) is 8.65. The van der Waals surface area contributed by atoms with E-state index in [9.17, 15) is 0 Å². The maximum Gasteiger partial charge on any atom is 0.0933 e. The van der Waals surface area contributed by atoms with E-state index in [0.29, 0.717) is 0 Å². The topological polar surface area (TPSA) is 30.5 Å². The van der Waals surface area contributed by atoms with Gasteiger partial charge in [0.05, 0.1) is 25.9 Å². The Hall–Kier alpha value is 0.230. The molecule has 1 heterocycles. The molecule has 4 heteroatoms. The van der Waals surface area contributed by atoms with Gasteiger partial charge in [-0.2, -0.15) is 11.8 Å². The Bertz CT molecular complexity index is 107. The van der Waals surface area contributed by atoms with Crippen LogP contribution in [0, 0.1) is 0 Å². The highest BCUT2D eigenvalue weighted by Crippen LogP contribution is 1.97. The summed E-state index contributed by atoms with van der Waals surface area (Å²) in [5.74, 6) is 1.07. The first-order valence-electron chi connectivity index (χ1n) is 4.32. The average Bonchev–Trinajstić information content (AvgIpc) is 2.14. The minimum Gasteiger partial charge on any atom is -0.378 e. The van der Waals surface area contributed by atoms with E-state index in [1.165, 1.54) is 0 Å². The molecule has 1 atom stereocenters. The van der Waals surface area contributed by atoms with Crippen molar-refractivity contribution in [3.8, 4) is 0 Å². The van der Waals surface area contributed by atoms with E-state index >= 15 is 0 Å². The number of thioether (sulfide) groups is 1. The lowest BCUT2D eigenvalue weighted by Crippen LogP contribution is -2.41. The molecule has 0 aromatic carbocycles. The predicted molar refractivity (Wildman–Crippen MR) is 51.8 cm³/mol. The number of hydrogen-bond acceptors (Lipinski definition) is 4. The molecule has 72 valence electrons. The number of hydrogen-bond donors (Lipinski definition) is 1. The second-order valence-electron chi connectivity index (χ2n) is 2.76. The van der Waals surface area contributed by atoms with E-state index in [1.54, 1.807) is 11.8 Å². The molecule has 0 bridgehead atoms. The molecule has 1 saturated heterocycles. The Labute approximate surface area is 78.2 Å². The number of morpholine rings is 1. The van der Waals surface area contributed by atoms with Gasteiger partial charge in [-0.15, -0.1) is 0 Å². The van der Waals surface area contributed by atoms with E-state index < -0.39 is 0 Å². The van der Waals surface area contributed by atoms with Crippen LogP contribution in [0.25, 0.3) is 0 Å². The van der Waals surface area contributed by atoms with E-state index in [0.717, 1.165) is 38.7 Å². The van der Waals surface area contributed by atoms with Crippen LogP contribution < -0.4 is 5.32 Å². The van der Waals surface area contributed by atoms with E-state index in [1.807, 2.05) is 0 Å². The maximum atomic E-state index is 5.46. The van der Waals surface area contributed by atoms with E-state index in [4.69, 9.17) is 9.47 Å². The van der Waals surface area contributed by atoms with Crippen LogP contribution in [0.2, 0.25) is 0 Å². The second kappa shape index (κ2) is 6.71. The van der Waals surface area contributed by atoms with Crippen LogP contribution in [0.5, 0.6) is 0 Å². The summed E-state index contributed by atoms with van der Waals surface area (Å²) in [4.78, 5) is 0. The van der Waals surface area contributed by atoms with Crippen molar-refractivity contribution >= 4 is 11.8 Å². The molecule has 12 heavy (non-hydrogen) atoms. The largest absolute Gasteiger partial charge is 0.378 e. The number of rotatable bonds is 5. The van der Waals surface area contributed by atoms with Crippen molar-refractivity contribution in [3.63, 3.8) is 0 Å². The van der Waals surface area contributed by atoms with Gasteiger partial charge in [-0.1, -0.05) is 0 Å². The molecule has 0 radical (unpaired) electrons. The molecule has 3 nitrogen and oxygen atoms in total. The van der Waals surface area contributed by atoms with Gasteiger partial charge in [-0.25, -0.2) is 0 Å². The lowest BCUT2D eigenvalue weighted by Gasteiger charge is -2.23. The minimum absolute atomic E-state index is 0.264. The molecule has 1 aliphatic rings. The summed E-state index contributed by atoms with van der Waals surface area (Å²) in [6.45, 7) is 4.28. The van der Waals surface area contributed by atoms with Crippen LogP contribution in [-0.4, -0.2) is 51.0 Å². The molecule has 0 aromatic rings. The van der Waals surface area contributed by atoms with Gasteiger partial charge in [-0.3, -0.25) is 0 Å². The molecule has 1 aliphatic heterocycles. The van der Waals surface area contributed by atoms with Crippen LogP contribution in [0.1, 0.15) is 0 Å². The molecule has 0 spiro atoms. The lowest BCUT2D eigenvalue weighted by molar-refractivity contribution is -0.0281. The Kier molecular flexibility index (Phi) is 5.77. The molecule has 0 amide bonds. The molecule has 1 fully saturated rings. The van der Waals surface area contributed by atoms with E-state index in [-0.39, 0.29) is 6.10 Å². The number of nitrogens with one attached hydrogen (secondary N) is 1. The first kappa shape index (κ1) is 10.3. The summed E-state index contributed by atoms with van der Waals surface area (Å²) in [7, 11) is 0. The van der Waals surface area contributed by atoms with Gasteiger partial charge in [0.25, 0.3) is 0 Å².